The van der Waals surface area contributed by atoms with Crippen LogP contribution in [0.2, 0.25) is 0 Å². The third-order valence-corrected chi connectivity index (χ3v) is 17.5. The number of rotatable bonds is 6. The van der Waals surface area contributed by atoms with Gasteiger partial charge in [0.1, 0.15) is 0 Å². The number of anilines is 6. The molecule has 2 nitrogen and oxygen atoms in total. The van der Waals surface area contributed by atoms with Crippen molar-refractivity contribution >= 4 is 62.9 Å². The van der Waals surface area contributed by atoms with Crippen LogP contribution in [0.5, 0.6) is 0 Å². The number of hydrogen-bond donors (Lipinski definition) is 0. The Labute approximate surface area is 338 Å². The van der Waals surface area contributed by atoms with Crippen LogP contribution in [0.25, 0.3) is 0 Å². The summed E-state index contributed by atoms with van der Waals surface area (Å²) in [5.74, 6) is 0. The predicted molar refractivity (Wildman–Crippen MR) is 244 cm³/mol. The van der Waals surface area contributed by atoms with Crippen LogP contribution in [0.4, 0.5) is 34.1 Å². The highest BCUT2D eigenvalue weighted by molar-refractivity contribution is 7.20. The van der Waals surface area contributed by atoms with E-state index in [-0.39, 0.29) is 10.8 Å². The van der Waals surface area contributed by atoms with E-state index in [1.54, 1.807) is 0 Å². The molecule has 0 radical (unpaired) electrons. The summed E-state index contributed by atoms with van der Waals surface area (Å²) in [6.07, 6.45) is 0. The molecule has 0 N–H and O–H groups in total. The molecule has 0 saturated carbocycles. The quantitative estimate of drug-likeness (QED) is 0.123. The van der Waals surface area contributed by atoms with Gasteiger partial charge in [-0.15, -0.1) is 0 Å². The van der Waals surface area contributed by atoms with Crippen LogP contribution in [0.1, 0.15) is 49.9 Å². The summed E-state index contributed by atoms with van der Waals surface area (Å²) in [5, 5.41) is 5.51. The van der Waals surface area contributed by atoms with Crippen LogP contribution in [0, 0.1) is 0 Å². The molecule has 0 aromatic heterocycles. The number of para-hydroxylation sites is 4. The first kappa shape index (κ1) is 35.0. The molecule has 0 spiro atoms. The first-order chi connectivity index (χ1) is 27.8. The van der Waals surface area contributed by atoms with Crippen LogP contribution < -0.4 is 30.5 Å². The van der Waals surface area contributed by atoms with Crippen molar-refractivity contribution in [1.29, 1.82) is 0 Å². The lowest BCUT2D eigenvalue weighted by Crippen LogP contribution is -2.75. The smallest absolute Gasteiger partial charge is 0.179 e. The Morgan fingerprint density at radius 2 is 0.614 bits per heavy atom. The van der Waals surface area contributed by atoms with Gasteiger partial charge in [-0.25, -0.2) is 0 Å². The van der Waals surface area contributed by atoms with Crippen molar-refractivity contribution in [3.05, 3.63) is 229 Å². The molecule has 57 heavy (non-hydrogen) atoms. The van der Waals surface area contributed by atoms with Crippen LogP contribution in [0.3, 0.4) is 0 Å². The van der Waals surface area contributed by atoms with E-state index in [2.05, 4.69) is 244 Å². The predicted octanol–water partition coefficient (Wildman–Crippen LogP) is 11.3. The Kier molecular flexibility index (Phi) is 8.21. The fourth-order valence-corrected chi connectivity index (χ4v) is 14.7. The highest BCUT2D eigenvalue weighted by Crippen LogP contribution is 2.53. The molecular formula is C54H46N2Si. The molecule has 0 fully saturated rings. The average Bonchev–Trinajstić information content (AvgIpc) is 3.26. The lowest BCUT2D eigenvalue weighted by atomic mass is 9.73. The van der Waals surface area contributed by atoms with Gasteiger partial charge < -0.3 is 9.80 Å². The fraction of sp³-hybridized carbons (Fsp3) is 0.111. The summed E-state index contributed by atoms with van der Waals surface area (Å²) in [5.41, 5.74) is 12.2. The number of benzene rings is 8. The van der Waals surface area contributed by atoms with Crippen molar-refractivity contribution in [1.82, 2.24) is 0 Å². The fourth-order valence-electron chi connectivity index (χ4n) is 9.96. The molecular weight excluding hydrogens is 705 g/mol. The van der Waals surface area contributed by atoms with Crippen LogP contribution in [-0.4, -0.2) is 8.07 Å². The second-order valence-corrected chi connectivity index (χ2v) is 20.4. The Bertz CT molecular complexity index is 2550. The maximum Gasteiger partial charge on any atom is 0.179 e. The Hall–Kier alpha value is -6.42. The highest BCUT2D eigenvalue weighted by atomic mass is 28.3. The molecule has 8 aromatic rings. The molecule has 0 aliphatic carbocycles. The largest absolute Gasteiger partial charge is 0.310 e. The minimum Gasteiger partial charge on any atom is -0.310 e. The SMILES string of the molecule is CC1(C)c2ccccc2N(c2ccccc2)c2ccc([Si](c3ccccc3)(c3ccccc3)c3ccc4c(c3)C(C)(C)c3ccccc3N4c3ccccc3)cc21. The molecule has 0 bridgehead atoms. The summed E-state index contributed by atoms with van der Waals surface area (Å²) in [7, 11) is -2.97. The normalized spacial score (nSPS) is 14.9. The van der Waals surface area contributed by atoms with Crippen molar-refractivity contribution in [3.63, 3.8) is 0 Å². The molecule has 8 aromatic carbocycles. The minimum atomic E-state index is -2.97. The van der Waals surface area contributed by atoms with Crippen molar-refractivity contribution < 1.29 is 0 Å². The summed E-state index contributed by atoms with van der Waals surface area (Å²) >= 11 is 0. The monoisotopic (exact) mass is 750 g/mol. The molecule has 0 atom stereocenters. The summed E-state index contributed by atoms with van der Waals surface area (Å²) in [4.78, 5) is 4.93. The van der Waals surface area contributed by atoms with Gasteiger partial charge in [0.2, 0.25) is 0 Å². The van der Waals surface area contributed by atoms with Crippen molar-refractivity contribution in [2.45, 2.75) is 38.5 Å². The van der Waals surface area contributed by atoms with Gasteiger partial charge in [0, 0.05) is 22.2 Å². The molecule has 2 aliphatic rings. The molecule has 0 saturated heterocycles. The van der Waals surface area contributed by atoms with Crippen LogP contribution in [-0.2, 0) is 10.8 Å². The summed E-state index contributed by atoms with van der Waals surface area (Å²) in [6, 6.07) is 77.3. The van der Waals surface area contributed by atoms with Gasteiger partial charge in [0.05, 0.1) is 22.7 Å². The van der Waals surface area contributed by atoms with Crippen LogP contribution >= 0.6 is 0 Å². The zero-order chi connectivity index (χ0) is 38.8. The average molecular weight is 751 g/mol. The van der Waals surface area contributed by atoms with E-state index in [0.29, 0.717) is 0 Å². The zero-order valence-corrected chi connectivity index (χ0v) is 34.0. The van der Waals surface area contributed by atoms with E-state index in [1.165, 1.54) is 77.1 Å². The van der Waals surface area contributed by atoms with E-state index in [4.69, 9.17) is 0 Å². The van der Waals surface area contributed by atoms with Gasteiger partial charge >= 0.3 is 0 Å². The maximum atomic E-state index is 2.59. The van der Waals surface area contributed by atoms with Crippen LogP contribution in [0.15, 0.2) is 206 Å². The molecule has 0 amide bonds. The van der Waals surface area contributed by atoms with Gasteiger partial charge in [0.15, 0.2) is 8.07 Å². The lowest BCUT2D eigenvalue weighted by molar-refractivity contribution is 0.632. The van der Waals surface area contributed by atoms with E-state index in [1.807, 2.05) is 0 Å². The molecule has 2 aliphatic heterocycles. The molecule has 0 unspecified atom stereocenters. The first-order valence-electron chi connectivity index (χ1n) is 20.1. The van der Waals surface area contributed by atoms with Crippen molar-refractivity contribution in [2.75, 3.05) is 9.80 Å². The topological polar surface area (TPSA) is 6.48 Å². The van der Waals surface area contributed by atoms with Gasteiger partial charge in [-0.1, -0.05) is 185 Å². The Morgan fingerprint density at radius 3 is 1.00 bits per heavy atom. The summed E-state index contributed by atoms with van der Waals surface area (Å²) in [6.45, 7) is 9.62. The minimum absolute atomic E-state index is 0.238. The summed E-state index contributed by atoms with van der Waals surface area (Å²) < 4.78 is 0. The third-order valence-electron chi connectivity index (χ3n) is 12.8. The molecule has 3 heteroatoms. The first-order valence-corrected chi connectivity index (χ1v) is 22.1. The van der Waals surface area contributed by atoms with Crippen molar-refractivity contribution in [2.24, 2.45) is 0 Å². The number of fused-ring (bicyclic) bond motifs is 4. The Morgan fingerprint density at radius 1 is 0.298 bits per heavy atom. The standard InChI is InChI=1S/C54H46N2Si/c1-53(2)45-29-17-19-31-49(45)55(39-21-9-5-10-22-39)51-35-33-43(37-47(51)53)57(41-25-13-7-14-26-41,42-27-15-8-16-28-42)44-34-36-52-48(38-44)54(3,4)46-30-18-20-32-50(46)56(52)40-23-11-6-12-24-40/h5-38H,1-4H3. The van der Waals surface area contributed by atoms with E-state index >= 15 is 0 Å². The van der Waals surface area contributed by atoms with Gasteiger partial charge in [-0.3, -0.25) is 0 Å². The highest BCUT2D eigenvalue weighted by Gasteiger charge is 2.46. The Balaban J connectivity index is 1.27. The zero-order valence-electron chi connectivity index (χ0n) is 33.0. The maximum absolute atomic E-state index is 2.97. The van der Waals surface area contributed by atoms with E-state index in [9.17, 15) is 0 Å². The van der Waals surface area contributed by atoms with Gasteiger partial charge in [0.25, 0.3) is 0 Å². The number of nitrogens with zero attached hydrogens (tertiary/aromatic N) is 2. The second kappa shape index (κ2) is 13.4. The van der Waals surface area contributed by atoms with E-state index < -0.39 is 8.07 Å². The van der Waals surface area contributed by atoms with E-state index in [0.717, 1.165) is 0 Å². The molecule has 10 rings (SSSR count). The lowest BCUT2D eigenvalue weighted by Gasteiger charge is -2.44. The third kappa shape index (κ3) is 5.30. The molecule has 276 valence electrons. The number of hydrogen-bond acceptors (Lipinski definition) is 2. The second-order valence-electron chi connectivity index (χ2n) is 16.6. The van der Waals surface area contributed by atoms with Crippen molar-refractivity contribution in [3.8, 4) is 0 Å². The van der Waals surface area contributed by atoms with Gasteiger partial charge in [-0.2, -0.15) is 0 Å². The van der Waals surface area contributed by atoms with Gasteiger partial charge in [-0.05, 0) is 91.5 Å². The molecule has 2 heterocycles.